The third kappa shape index (κ3) is 2.92. The standard InChI is InChI=1S/C12H15BrN2O2S/c1-14-11(16)8-2-4-15(5-3-8)12(17)9-6-10(13)18-7-9/h6-8H,2-5H2,1H3,(H,14,16). The molecule has 1 saturated heterocycles. The van der Waals surface area contributed by atoms with Crippen LogP contribution in [0.25, 0.3) is 0 Å². The fourth-order valence-corrected chi connectivity index (χ4v) is 3.28. The number of nitrogens with zero attached hydrogens (tertiary/aromatic N) is 1. The third-order valence-electron chi connectivity index (χ3n) is 3.21. The number of likely N-dealkylation sites (tertiary alicyclic amines) is 1. The van der Waals surface area contributed by atoms with Gasteiger partial charge in [0.1, 0.15) is 0 Å². The van der Waals surface area contributed by atoms with Gasteiger partial charge in [0, 0.05) is 31.4 Å². The van der Waals surface area contributed by atoms with E-state index in [-0.39, 0.29) is 17.7 Å². The first-order valence-corrected chi connectivity index (χ1v) is 7.54. The lowest BCUT2D eigenvalue weighted by Gasteiger charge is -2.30. The van der Waals surface area contributed by atoms with Gasteiger partial charge in [0.05, 0.1) is 9.35 Å². The number of nitrogens with one attached hydrogen (secondary N) is 1. The van der Waals surface area contributed by atoms with E-state index in [1.165, 1.54) is 11.3 Å². The Morgan fingerprint density at radius 1 is 1.44 bits per heavy atom. The molecule has 0 aliphatic carbocycles. The van der Waals surface area contributed by atoms with Crippen LogP contribution in [0.1, 0.15) is 23.2 Å². The Morgan fingerprint density at radius 3 is 2.61 bits per heavy atom. The summed E-state index contributed by atoms with van der Waals surface area (Å²) in [6, 6.07) is 1.85. The zero-order valence-electron chi connectivity index (χ0n) is 10.1. The molecule has 0 aromatic carbocycles. The van der Waals surface area contributed by atoms with Crippen molar-refractivity contribution in [2.75, 3.05) is 20.1 Å². The number of amides is 2. The highest BCUT2D eigenvalue weighted by Crippen LogP contribution is 2.24. The van der Waals surface area contributed by atoms with Gasteiger partial charge in [-0.3, -0.25) is 9.59 Å². The van der Waals surface area contributed by atoms with Crippen LogP contribution in [0, 0.1) is 5.92 Å². The van der Waals surface area contributed by atoms with Crippen LogP contribution in [0.15, 0.2) is 15.2 Å². The van der Waals surface area contributed by atoms with Gasteiger partial charge in [0.15, 0.2) is 0 Å². The normalized spacial score (nSPS) is 16.7. The summed E-state index contributed by atoms with van der Waals surface area (Å²) in [5, 5.41) is 4.53. The van der Waals surface area contributed by atoms with Crippen LogP contribution in [0.2, 0.25) is 0 Å². The first-order valence-electron chi connectivity index (χ1n) is 5.86. The molecule has 98 valence electrons. The Labute approximate surface area is 118 Å². The van der Waals surface area contributed by atoms with E-state index in [4.69, 9.17) is 0 Å². The Morgan fingerprint density at radius 2 is 2.11 bits per heavy atom. The summed E-state index contributed by atoms with van der Waals surface area (Å²) in [6.07, 6.45) is 1.49. The van der Waals surface area contributed by atoms with Gasteiger partial charge in [0.2, 0.25) is 5.91 Å². The van der Waals surface area contributed by atoms with E-state index in [1.807, 2.05) is 16.3 Å². The highest BCUT2D eigenvalue weighted by Gasteiger charge is 2.27. The van der Waals surface area contributed by atoms with E-state index < -0.39 is 0 Å². The van der Waals surface area contributed by atoms with Gasteiger partial charge in [-0.05, 0) is 34.8 Å². The van der Waals surface area contributed by atoms with E-state index in [0.717, 1.165) is 22.2 Å². The number of carbonyl (C=O) groups is 2. The van der Waals surface area contributed by atoms with Crippen LogP contribution in [-0.4, -0.2) is 36.9 Å². The topological polar surface area (TPSA) is 49.4 Å². The minimum atomic E-state index is 0.0493. The summed E-state index contributed by atoms with van der Waals surface area (Å²) in [7, 11) is 1.66. The lowest BCUT2D eigenvalue weighted by Crippen LogP contribution is -2.42. The molecular weight excluding hydrogens is 316 g/mol. The van der Waals surface area contributed by atoms with Gasteiger partial charge in [0.25, 0.3) is 5.91 Å². The molecule has 0 spiro atoms. The Kier molecular flexibility index (Phi) is 4.40. The molecule has 2 amide bonds. The van der Waals surface area contributed by atoms with Gasteiger partial charge < -0.3 is 10.2 Å². The van der Waals surface area contributed by atoms with Crippen molar-refractivity contribution in [3.05, 3.63) is 20.8 Å². The van der Waals surface area contributed by atoms with E-state index in [2.05, 4.69) is 21.2 Å². The van der Waals surface area contributed by atoms with Gasteiger partial charge in [-0.25, -0.2) is 0 Å². The highest BCUT2D eigenvalue weighted by atomic mass is 79.9. The molecular formula is C12H15BrN2O2S. The van der Waals surface area contributed by atoms with Gasteiger partial charge in [-0.1, -0.05) is 0 Å². The zero-order chi connectivity index (χ0) is 13.1. The van der Waals surface area contributed by atoms with Crippen molar-refractivity contribution in [2.24, 2.45) is 5.92 Å². The third-order valence-corrected chi connectivity index (χ3v) is 4.72. The molecule has 1 fully saturated rings. The van der Waals surface area contributed by atoms with Crippen LogP contribution in [-0.2, 0) is 4.79 Å². The molecule has 2 rings (SSSR count). The van der Waals surface area contributed by atoms with E-state index in [1.54, 1.807) is 7.05 Å². The minimum absolute atomic E-state index is 0.0493. The van der Waals surface area contributed by atoms with E-state index in [9.17, 15) is 9.59 Å². The van der Waals surface area contributed by atoms with Crippen molar-refractivity contribution >= 4 is 39.1 Å². The molecule has 1 aliphatic rings. The van der Waals surface area contributed by atoms with Crippen LogP contribution >= 0.6 is 27.3 Å². The quantitative estimate of drug-likeness (QED) is 0.902. The van der Waals surface area contributed by atoms with E-state index >= 15 is 0 Å². The highest BCUT2D eigenvalue weighted by molar-refractivity contribution is 9.11. The van der Waals surface area contributed by atoms with Crippen molar-refractivity contribution in [3.8, 4) is 0 Å². The summed E-state index contributed by atoms with van der Waals surface area (Å²) >= 11 is 4.87. The van der Waals surface area contributed by atoms with Crippen molar-refractivity contribution in [1.29, 1.82) is 0 Å². The van der Waals surface area contributed by atoms with Crippen molar-refractivity contribution in [1.82, 2.24) is 10.2 Å². The SMILES string of the molecule is CNC(=O)C1CCN(C(=O)c2csc(Br)c2)CC1. The molecule has 6 heteroatoms. The second-order valence-corrected chi connectivity index (χ2v) is 6.61. The smallest absolute Gasteiger partial charge is 0.254 e. The lowest BCUT2D eigenvalue weighted by molar-refractivity contribution is -0.125. The zero-order valence-corrected chi connectivity index (χ0v) is 12.5. The van der Waals surface area contributed by atoms with Gasteiger partial charge in [-0.15, -0.1) is 11.3 Å². The predicted octanol–water partition coefficient (Wildman–Crippen LogP) is 2.11. The number of thiophene rings is 1. The number of piperidine rings is 1. The first kappa shape index (κ1) is 13.5. The van der Waals surface area contributed by atoms with E-state index in [0.29, 0.717) is 13.1 Å². The molecule has 0 bridgehead atoms. The van der Waals surface area contributed by atoms with Gasteiger partial charge in [-0.2, -0.15) is 0 Å². The van der Waals surface area contributed by atoms with Crippen LogP contribution < -0.4 is 5.32 Å². The molecule has 0 atom stereocenters. The minimum Gasteiger partial charge on any atom is -0.359 e. The molecule has 4 nitrogen and oxygen atoms in total. The molecule has 0 saturated carbocycles. The van der Waals surface area contributed by atoms with Gasteiger partial charge >= 0.3 is 0 Å². The number of carbonyl (C=O) groups excluding carboxylic acids is 2. The molecule has 2 heterocycles. The second kappa shape index (κ2) is 5.84. The Bertz CT molecular complexity index is 453. The number of halogens is 1. The Balaban J connectivity index is 1.94. The fourth-order valence-electron chi connectivity index (χ4n) is 2.15. The van der Waals surface area contributed by atoms with Crippen LogP contribution in [0.3, 0.4) is 0 Å². The lowest BCUT2D eigenvalue weighted by atomic mass is 9.95. The summed E-state index contributed by atoms with van der Waals surface area (Å²) in [6.45, 7) is 1.31. The summed E-state index contributed by atoms with van der Waals surface area (Å²) < 4.78 is 0.964. The fraction of sp³-hybridized carbons (Fsp3) is 0.500. The first-order chi connectivity index (χ1) is 8.61. The molecule has 0 radical (unpaired) electrons. The van der Waals surface area contributed by atoms with Crippen molar-refractivity contribution in [3.63, 3.8) is 0 Å². The molecule has 1 aromatic heterocycles. The maximum atomic E-state index is 12.2. The monoisotopic (exact) mass is 330 g/mol. The largest absolute Gasteiger partial charge is 0.359 e. The average Bonchev–Trinajstić information content (AvgIpc) is 2.84. The molecule has 1 aromatic rings. The number of hydrogen-bond acceptors (Lipinski definition) is 3. The second-order valence-electron chi connectivity index (χ2n) is 4.32. The molecule has 1 N–H and O–H groups in total. The maximum Gasteiger partial charge on any atom is 0.254 e. The predicted molar refractivity (Wildman–Crippen MR) is 74.7 cm³/mol. The number of hydrogen-bond donors (Lipinski definition) is 1. The average molecular weight is 331 g/mol. The molecule has 18 heavy (non-hydrogen) atoms. The molecule has 1 aliphatic heterocycles. The summed E-state index contributed by atoms with van der Waals surface area (Å²) in [5.74, 6) is 0.195. The van der Waals surface area contributed by atoms with Crippen LogP contribution in [0.5, 0.6) is 0 Å². The summed E-state index contributed by atoms with van der Waals surface area (Å²) in [4.78, 5) is 25.5. The van der Waals surface area contributed by atoms with Crippen molar-refractivity contribution < 1.29 is 9.59 Å². The van der Waals surface area contributed by atoms with Crippen molar-refractivity contribution in [2.45, 2.75) is 12.8 Å². The molecule has 0 unspecified atom stereocenters. The Hall–Kier alpha value is -0.880. The van der Waals surface area contributed by atoms with Crippen LogP contribution in [0.4, 0.5) is 0 Å². The number of rotatable bonds is 2. The summed E-state index contributed by atoms with van der Waals surface area (Å²) in [5.41, 5.74) is 0.727. The maximum absolute atomic E-state index is 12.2.